The Bertz CT molecular complexity index is 515. The summed E-state index contributed by atoms with van der Waals surface area (Å²) in [6.45, 7) is 12.7. The number of rotatable bonds is 4. The second-order valence-electron chi connectivity index (χ2n) is 7.47. The second kappa shape index (κ2) is 6.05. The van der Waals surface area contributed by atoms with E-state index in [1.54, 1.807) is 6.20 Å². The number of hydrogen-bond acceptors (Lipinski definition) is 3. The van der Waals surface area contributed by atoms with Gasteiger partial charge in [0.2, 0.25) is 0 Å². The maximum Gasteiger partial charge on any atom is 0.192 e. The van der Waals surface area contributed by atoms with Crippen LogP contribution in [0.1, 0.15) is 56.1 Å². The minimum atomic E-state index is -1.71. The van der Waals surface area contributed by atoms with Gasteiger partial charge in [-0.3, -0.25) is 9.48 Å². The molecule has 1 aliphatic rings. The molecule has 1 heterocycles. The lowest BCUT2D eigenvalue weighted by Gasteiger charge is -2.36. The molecule has 5 heteroatoms. The molecule has 0 fully saturated rings. The maximum absolute atomic E-state index is 12.0. The van der Waals surface area contributed by atoms with Gasteiger partial charge in [-0.2, -0.15) is 5.10 Å². The highest BCUT2D eigenvalue weighted by Crippen LogP contribution is 2.36. The summed E-state index contributed by atoms with van der Waals surface area (Å²) in [5, 5.41) is 4.63. The molecule has 0 N–H and O–H groups in total. The molecule has 0 aliphatic heterocycles. The quantitative estimate of drug-likeness (QED) is 0.627. The first-order chi connectivity index (χ1) is 9.72. The van der Waals surface area contributed by atoms with Gasteiger partial charge in [0.15, 0.2) is 14.1 Å². The highest BCUT2D eigenvalue weighted by molar-refractivity contribution is 6.74. The number of aromatic nitrogens is 2. The van der Waals surface area contributed by atoms with Crippen LogP contribution in [0, 0.1) is 0 Å². The molecule has 1 aromatic rings. The molecule has 0 bridgehead atoms. The Morgan fingerprint density at radius 3 is 2.62 bits per heavy atom. The van der Waals surface area contributed by atoms with Crippen molar-refractivity contribution >= 4 is 14.1 Å². The summed E-state index contributed by atoms with van der Waals surface area (Å²) in [6, 6.07) is 0. The zero-order valence-electron chi connectivity index (χ0n) is 14.0. The second-order valence-corrected chi connectivity index (χ2v) is 12.3. The van der Waals surface area contributed by atoms with Gasteiger partial charge in [0.1, 0.15) is 0 Å². The van der Waals surface area contributed by atoms with Crippen LogP contribution < -0.4 is 0 Å². The van der Waals surface area contributed by atoms with Crippen molar-refractivity contribution in [3.8, 4) is 0 Å². The van der Waals surface area contributed by atoms with Gasteiger partial charge in [-0.1, -0.05) is 20.8 Å². The lowest BCUT2D eigenvalue weighted by Crippen LogP contribution is -2.41. The normalized spacial score (nSPS) is 16.7. The van der Waals surface area contributed by atoms with Crippen LogP contribution in [-0.2, 0) is 17.4 Å². The van der Waals surface area contributed by atoms with Gasteiger partial charge in [0.25, 0.3) is 0 Å². The van der Waals surface area contributed by atoms with Crippen LogP contribution in [0.3, 0.4) is 0 Å². The van der Waals surface area contributed by atoms with Gasteiger partial charge in [-0.25, -0.2) is 0 Å². The molecule has 0 unspecified atom stereocenters. The summed E-state index contributed by atoms with van der Waals surface area (Å²) < 4.78 is 8.19. The van der Waals surface area contributed by atoms with Crippen LogP contribution >= 0.6 is 0 Å². The number of nitrogens with zero attached hydrogens (tertiary/aromatic N) is 2. The van der Waals surface area contributed by atoms with Crippen LogP contribution in [0.5, 0.6) is 0 Å². The van der Waals surface area contributed by atoms with Crippen LogP contribution in [0.4, 0.5) is 0 Å². The lowest BCUT2D eigenvalue weighted by atomic mass is 10.1. The minimum Gasteiger partial charge on any atom is -0.415 e. The van der Waals surface area contributed by atoms with E-state index in [1.165, 1.54) is 0 Å². The standard InChI is InChI=1S/C16H28N2O2Si/c1-16(2,3)21(4,5)20-11-10-18-14-8-6-7-9-15(19)13(14)12-17-18/h12H,6-11H2,1-5H3. The monoisotopic (exact) mass is 308 g/mol. The topological polar surface area (TPSA) is 44.1 Å². The van der Waals surface area contributed by atoms with E-state index in [0.717, 1.165) is 37.1 Å². The predicted octanol–water partition coefficient (Wildman–Crippen LogP) is 3.81. The number of carbonyl (C=O) groups is 1. The number of hydrogen-bond donors (Lipinski definition) is 0. The molecule has 0 spiro atoms. The third-order valence-corrected chi connectivity index (χ3v) is 9.43. The third kappa shape index (κ3) is 3.63. The molecule has 4 nitrogen and oxygen atoms in total. The fourth-order valence-electron chi connectivity index (χ4n) is 2.42. The van der Waals surface area contributed by atoms with Crippen molar-refractivity contribution < 1.29 is 9.22 Å². The maximum atomic E-state index is 12.0. The van der Waals surface area contributed by atoms with Crippen LogP contribution in [0.25, 0.3) is 0 Å². The van der Waals surface area contributed by atoms with Crippen molar-refractivity contribution in [1.82, 2.24) is 9.78 Å². The molecule has 1 aliphatic carbocycles. The summed E-state index contributed by atoms with van der Waals surface area (Å²) in [5.41, 5.74) is 1.94. The molecule has 0 radical (unpaired) electrons. The first kappa shape index (κ1) is 16.4. The molecular formula is C16H28N2O2Si. The highest BCUT2D eigenvalue weighted by Gasteiger charge is 2.37. The van der Waals surface area contributed by atoms with Crippen molar-refractivity contribution in [3.05, 3.63) is 17.5 Å². The molecular weight excluding hydrogens is 280 g/mol. The van der Waals surface area contributed by atoms with Gasteiger partial charge >= 0.3 is 0 Å². The summed E-state index contributed by atoms with van der Waals surface area (Å²) in [6.07, 6.45) is 5.44. The first-order valence-electron chi connectivity index (χ1n) is 7.94. The van der Waals surface area contributed by atoms with E-state index in [1.807, 2.05) is 4.68 Å². The zero-order chi connectivity index (χ0) is 15.7. The Hall–Kier alpha value is -0.943. The molecule has 0 saturated carbocycles. The number of fused-ring (bicyclic) bond motifs is 1. The van der Waals surface area contributed by atoms with E-state index in [-0.39, 0.29) is 10.8 Å². The van der Waals surface area contributed by atoms with Gasteiger partial charge in [-0.05, 0) is 37.4 Å². The van der Waals surface area contributed by atoms with Crippen molar-refractivity contribution in [1.29, 1.82) is 0 Å². The molecule has 2 rings (SSSR count). The van der Waals surface area contributed by atoms with Crippen molar-refractivity contribution in [2.24, 2.45) is 0 Å². The predicted molar refractivity (Wildman–Crippen MR) is 87.3 cm³/mol. The average molecular weight is 308 g/mol. The molecule has 1 aromatic heterocycles. The first-order valence-corrected chi connectivity index (χ1v) is 10.8. The van der Waals surface area contributed by atoms with Gasteiger partial charge in [-0.15, -0.1) is 0 Å². The van der Waals surface area contributed by atoms with Gasteiger partial charge < -0.3 is 4.43 Å². The van der Waals surface area contributed by atoms with E-state index in [0.29, 0.717) is 13.0 Å². The van der Waals surface area contributed by atoms with Crippen LogP contribution in [0.15, 0.2) is 6.20 Å². The average Bonchev–Trinajstić information content (AvgIpc) is 2.67. The van der Waals surface area contributed by atoms with E-state index in [4.69, 9.17) is 4.43 Å². The fourth-order valence-corrected chi connectivity index (χ4v) is 3.45. The number of carbonyl (C=O) groups excluding carboxylic acids is 1. The van der Waals surface area contributed by atoms with E-state index < -0.39 is 8.32 Å². The van der Waals surface area contributed by atoms with Crippen molar-refractivity contribution in [3.63, 3.8) is 0 Å². The Kier molecular flexibility index (Phi) is 4.73. The Balaban J connectivity index is 2.01. The Labute approximate surface area is 129 Å². The number of ketones is 1. The van der Waals surface area contributed by atoms with E-state index >= 15 is 0 Å². The smallest absolute Gasteiger partial charge is 0.192 e. The van der Waals surface area contributed by atoms with Crippen LogP contribution in [-0.4, -0.2) is 30.5 Å². The van der Waals surface area contributed by atoms with Gasteiger partial charge in [0.05, 0.1) is 24.9 Å². The van der Waals surface area contributed by atoms with E-state index in [9.17, 15) is 4.79 Å². The highest BCUT2D eigenvalue weighted by atomic mass is 28.4. The molecule has 0 aromatic carbocycles. The summed E-state index contributed by atoms with van der Waals surface area (Å²) >= 11 is 0. The lowest BCUT2D eigenvalue weighted by molar-refractivity contribution is 0.0982. The molecule has 21 heavy (non-hydrogen) atoms. The SMILES string of the molecule is CC(C)(C)[Si](C)(C)OCCn1ncc2c1CCCCC2=O. The fraction of sp³-hybridized carbons (Fsp3) is 0.750. The van der Waals surface area contributed by atoms with Crippen molar-refractivity contribution in [2.45, 2.75) is 71.1 Å². The van der Waals surface area contributed by atoms with Crippen LogP contribution in [0.2, 0.25) is 18.1 Å². The molecule has 0 amide bonds. The van der Waals surface area contributed by atoms with Gasteiger partial charge in [0, 0.05) is 12.1 Å². The largest absolute Gasteiger partial charge is 0.415 e. The number of Topliss-reactive ketones (excluding diaryl/α,β-unsaturated/α-hetero) is 1. The third-order valence-electron chi connectivity index (χ3n) is 4.89. The van der Waals surface area contributed by atoms with Crippen molar-refractivity contribution in [2.75, 3.05) is 6.61 Å². The minimum absolute atomic E-state index is 0.226. The molecule has 0 saturated heterocycles. The Morgan fingerprint density at radius 2 is 1.95 bits per heavy atom. The van der Waals surface area contributed by atoms with E-state index in [2.05, 4.69) is 39.0 Å². The summed E-state index contributed by atoms with van der Waals surface area (Å²) in [7, 11) is -1.71. The summed E-state index contributed by atoms with van der Waals surface area (Å²) in [5.74, 6) is 0.249. The summed E-state index contributed by atoms with van der Waals surface area (Å²) in [4.78, 5) is 12.0. The zero-order valence-corrected chi connectivity index (χ0v) is 15.0. The molecule has 0 atom stereocenters. The Morgan fingerprint density at radius 1 is 1.29 bits per heavy atom. The molecule has 118 valence electrons.